The van der Waals surface area contributed by atoms with Gasteiger partial charge in [0, 0.05) is 13.5 Å². The molecule has 1 unspecified atom stereocenters. The van der Waals surface area contributed by atoms with Gasteiger partial charge in [0.15, 0.2) is 0 Å². The lowest BCUT2D eigenvalue weighted by Crippen LogP contribution is -2.33. The zero-order valence-corrected chi connectivity index (χ0v) is 8.22. The van der Waals surface area contributed by atoms with Crippen molar-refractivity contribution in [2.24, 2.45) is 0 Å². The van der Waals surface area contributed by atoms with Gasteiger partial charge in [-0.1, -0.05) is 13.3 Å². The number of unbranched alkanes of at least 4 members (excludes halogenated alkanes) is 1. The van der Waals surface area contributed by atoms with E-state index in [4.69, 9.17) is 9.47 Å². The summed E-state index contributed by atoms with van der Waals surface area (Å²) in [6.45, 7) is 5.08. The Labute approximate surface area is 74.6 Å². The third-order valence-corrected chi connectivity index (χ3v) is 2.24. The molecule has 2 heteroatoms. The topological polar surface area (TPSA) is 18.5 Å². The summed E-state index contributed by atoms with van der Waals surface area (Å²) in [7, 11) is 1.74. The molecule has 70 valence electrons. The maximum atomic E-state index is 5.50. The molecule has 0 aromatic rings. The highest BCUT2D eigenvalue weighted by molar-refractivity contribution is 5.20. The van der Waals surface area contributed by atoms with E-state index in [2.05, 4.69) is 19.9 Å². The molecule has 2 nitrogen and oxygen atoms in total. The Morgan fingerprint density at radius 3 is 2.75 bits per heavy atom. The van der Waals surface area contributed by atoms with Gasteiger partial charge >= 0.3 is 0 Å². The molecule has 0 aliphatic heterocycles. The van der Waals surface area contributed by atoms with Crippen LogP contribution in [0.1, 0.15) is 33.1 Å². The Kier molecular flexibility index (Phi) is 3.15. The minimum Gasteiger partial charge on any atom is -0.498 e. The Bertz CT molecular complexity index is 175. The molecular formula is C10H18O2. The average molecular weight is 170 g/mol. The van der Waals surface area contributed by atoms with Crippen LogP contribution in [0, 0.1) is 0 Å². The molecule has 12 heavy (non-hydrogen) atoms. The van der Waals surface area contributed by atoms with Crippen molar-refractivity contribution >= 4 is 0 Å². The fraction of sp³-hybridized carbons (Fsp3) is 0.800. The maximum Gasteiger partial charge on any atom is 0.0980 e. The van der Waals surface area contributed by atoms with Crippen molar-refractivity contribution < 1.29 is 9.47 Å². The van der Waals surface area contributed by atoms with Crippen LogP contribution < -0.4 is 0 Å². The fourth-order valence-corrected chi connectivity index (χ4v) is 1.23. The summed E-state index contributed by atoms with van der Waals surface area (Å²) in [6.07, 6.45) is 5.31. The molecule has 0 heterocycles. The standard InChI is InChI=1S/C10H18O2/c1-4-5-6-12-9-7-10(2,8-9)11-3/h7H,4-6,8H2,1-3H3. The maximum absolute atomic E-state index is 5.50. The first-order chi connectivity index (χ1) is 5.70. The molecule has 0 amide bonds. The number of methoxy groups -OCH3 is 1. The van der Waals surface area contributed by atoms with Crippen LogP contribution in [0.2, 0.25) is 0 Å². The molecule has 1 rings (SSSR count). The molecule has 0 aromatic carbocycles. The fourth-order valence-electron chi connectivity index (χ4n) is 1.23. The Morgan fingerprint density at radius 1 is 1.58 bits per heavy atom. The van der Waals surface area contributed by atoms with Crippen LogP contribution in [0.5, 0.6) is 0 Å². The summed E-state index contributed by atoms with van der Waals surface area (Å²) in [5, 5.41) is 0. The van der Waals surface area contributed by atoms with Gasteiger partial charge in [-0.25, -0.2) is 0 Å². The predicted octanol–water partition coefficient (Wildman–Crippen LogP) is 2.50. The monoisotopic (exact) mass is 170 g/mol. The van der Waals surface area contributed by atoms with Crippen LogP contribution in [0.4, 0.5) is 0 Å². The smallest absolute Gasteiger partial charge is 0.0980 e. The number of hydrogen-bond acceptors (Lipinski definition) is 2. The van der Waals surface area contributed by atoms with Crippen molar-refractivity contribution in [3.8, 4) is 0 Å². The van der Waals surface area contributed by atoms with Gasteiger partial charge in [-0.3, -0.25) is 0 Å². The number of rotatable bonds is 5. The van der Waals surface area contributed by atoms with Gasteiger partial charge in [0.25, 0.3) is 0 Å². The van der Waals surface area contributed by atoms with E-state index in [-0.39, 0.29) is 5.60 Å². The molecule has 1 atom stereocenters. The number of ether oxygens (including phenoxy) is 2. The van der Waals surface area contributed by atoms with Gasteiger partial charge in [0.1, 0.15) is 0 Å². The first-order valence-electron chi connectivity index (χ1n) is 4.60. The van der Waals surface area contributed by atoms with Crippen molar-refractivity contribution in [1.29, 1.82) is 0 Å². The minimum absolute atomic E-state index is 0.0540. The quantitative estimate of drug-likeness (QED) is 0.590. The lowest BCUT2D eigenvalue weighted by atomic mass is 9.89. The van der Waals surface area contributed by atoms with Crippen molar-refractivity contribution in [2.45, 2.75) is 38.7 Å². The van der Waals surface area contributed by atoms with E-state index in [0.29, 0.717) is 0 Å². The first-order valence-corrected chi connectivity index (χ1v) is 4.60. The lowest BCUT2D eigenvalue weighted by molar-refractivity contribution is 0.00274. The van der Waals surface area contributed by atoms with Crippen molar-refractivity contribution in [1.82, 2.24) is 0 Å². The van der Waals surface area contributed by atoms with Gasteiger partial charge in [-0.05, 0) is 19.4 Å². The summed E-state index contributed by atoms with van der Waals surface area (Å²) in [6, 6.07) is 0. The Balaban J connectivity index is 2.18. The predicted molar refractivity (Wildman–Crippen MR) is 49.0 cm³/mol. The molecule has 0 saturated heterocycles. The van der Waals surface area contributed by atoms with Crippen LogP contribution in [0.15, 0.2) is 11.8 Å². The van der Waals surface area contributed by atoms with E-state index in [1.54, 1.807) is 7.11 Å². The van der Waals surface area contributed by atoms with Crippen LogP contribution in [0.3, 0.4) is 0 Å². The van der Waals surface area contributed by atoms with Gasteiger partial charge in [-0.2, -0.15) is 0 Å². The second-order valence-corrected chi connectivity index (χ2v) is 3.51. The third kappa shape index (κ3) is 2.24. The highest BCUT2D eigenvalue weighted by Crippen LogP contribution is 2.33. The highest BCUT2D eigenvalue weighted by atomic mass is 16.5. The van der Waals surface area contributed by atoms with E-state index in [1.165, 1.54) is 6.42 Å². The normalized spacial score (nSPS) is 27.8. The number of hydrogen-bond donors (Lipinski definition) is 0. The second kappa shape index (κ2) is 3.94. The Hall–Kier alpha value is -0.500. The Morgan fingerprint density at radius 2 is 2.25 bits per heavy atom. The van der Waals surface area contributed by atoms with E-state index in [0.717, 1.165) is 25.2 Å². The molecule has 1 aliphatic rings. The van der Waals surface area contributed by atoms with Crippen molar-refractivity contribution in [3.63, 3.8) is 0 Å². The summed E-state index contributed by atoms with van der Waals surface area (Å²) < 4.78 is 10.8. The molecule has 0 aromatic heterocycles. The van der Waals surface area contributed by atoms with Crippen LogP contribution in [-0.2, 0) is 9.47 Å². The SMILES string of the molecule is CCCCOC1=CC(C)(OC)C1. The van der Waals surface area contributed by atoms with E-state index < -0.39 is 0 Å². The first kappa shape index (κ1) is 9.59. The molecule has 0 radical (unpaired) electrons. The average Bonchev–Trinajstić information content (AvgIpc) is 2.01. The molecular weight excluding hydrogens is 152 g/mol. The zero-order valence-electron chi connectivity index (χ0n) is 8.22. The van der Waals surface area contributed by atoms with Crippen LogP contribution in [-0.4, -0.2) is 19.3 Å². The van der Waals surface area contributed by atoms with Crippen LogP contribution in [0.25, 0.3) is 0 Å². The second-order valence-electron chi connectivity index (χ2n) is 3.51. The van der Waals surface area contributed by atoms with Crippen molar-refractivity contribution in [2.75, 3.05) is 13.7 Å². The summed E-state index contributed by atoms with van der Waals surface area (Å²) >= 11 is 0. The van der Waals surface area contributed by atoms with Crippen LogP contribution >= 0.6 is 0 Å². The lowest BCUT2D eigenvalue weighted by Gasteiger charge is -2.34. The molecule has 0 N–H and O–H groups in total. The van der Waals surface area contributed by atoms with Gasteiger partial charge in [0.05, 0.1) is 18.0 Å². The zero-order chi connectivity index (χ0) is 9.03. The minimum atomic E-state index is -0.0540. The highest BCUT2D eigenvalue weighted by Gasteiger charge is 2.32. The van der Waals surface area contributed by atoms with Gasteiger partial charge in [0.2, 0.25) is 0 Å². The summed E-state index contributed by atoms with van der Waals surface area (Å²) in [4.78, 5) is 0. The molecule has 0 saturated carbocycles. The molecule has 1 aliphatic carbocycles. The van der Waals surface area contributed by atoms with Gasteiger partial charge < -0.3 is 9.47 Å². The largest absolute Gasteiger partial charge is 0.498 e. The van der Waals surface area contributed by atoms with E-state index >= 15 is 0 Å². The third-order valence-electron chi connectivity index (χ3n) is 2.24. The molecule has 0 bridgehead atoms. The van der Waals surface area contributed by atoms with E-state index in [9.17, 15) is 0 Å². The molecule has 0 fully saturated rings. The van der Waals surface area contributed by atoms with E-state index in [1.807, 2.05) is 0 Å². The van der Waals surface area contributed by atoms with Gasteiger partial charge in [-0.15, -0.1) is 0 Å². The molecule has 0 spiro atoms. The van der Waals surface area contributed by atoms with Crippen molar-refractivity contribution in [3.05, 3.63) is 11.8 Å². The summed E-state index contributed by atoms with van der Waals surface area (Å²) in [5.41, 5.74) is -0.0540. The summed E-state index contributed by atoms with van der Waals surface area (Å²) in [5.74, 6) is 1.09.